The number of hydrogen-bond donors (Lipinski definition) is 0. The highest BCUT2D eigenvalue weighted by molar-refractivity contribution is 5.01. The van der Waals surface area contributed by atoms with E-state index >= 15 is 0 Å². The summed E-state index contributed by atoms with van der Waals surface area (Å²) in [5.74, 6) is 3.68. The minimum atomic E-state index is 0.489. The van der Waals surface area contributed by atoms with Crippen LogP contribution in [0.1, 0.15) is 91.9 Å². The van der Waals surface area contributed by atoms with Gasteiger partial charge >= 0.3 is 0 Å². The van der Waals surface area contributed by atoms with Crippen molar-refractivity contribution in [3.8, 4) is 0 Å². The van der Waals surface area contributed by atoms with Crippen molar-refractivity contribution in [2.75, 3.05) is 7.05 Å². The molecule has 150 valence electrons. The van der Waals surface area contributed by atoms with E-state index in [0.29, 0.717) is 17.6 Å². The van der Waals surface area contributed by atoms with Gasteiger partial charge in [-0.1, -0.05) is 34.1 Å². The van der Waals surface area contributed by atoms with Crippen molar-refractivity contribution in [2.45, 2.75) is 116 Å². The zero-order chi connectivity index (χ0) is 18.5. The molecule has 2 heteroatoms. The van der Waals surface area contributed by atoms with Crippen LogP contribution in [-0.2, 0) is 4.74 Å². The number of nitrogens with zero attached hydrogens (tertiary/aromatic N) is 1. The molecule has 2 nitrogen and oxygen atoms in total. The summed E-state index contributed by atoms with van der Waals surface area (Å²) in [5, 5.41) is 0. The van der Waals surface area contributed by atoms with Crippen molar-refractivity contribution >= 4 is 0 Å². The fraction of sp³-hybridized carbons (Fsp3) is 1.00. The summed E-state index contributed by atoms with van der Waals surface area (Å²) in [5.41, 5.74) is 0.489. The van der Waals surface area contributed by atoms with Crippen molar-refractivity contribution in [1.29, 1.82) is 0 Å². The second-order valence-corrected chi connectivity index (χ2v) is 11.1. The lowest BCUT2D eigenvalue weighted by Crippen LogP contribution is -2.36. The summed E-state index contributed by atoms with van der Waals surface area (Å²) in [6.07, 6.45) is 15.1. The van der Waals surface area contributed by atoms with Crippen LogP contribution in [0.15, 0.2) is 0 Å². The highest BCUT2D eigenvalue weighted by atomic mass is 16.5. The molecule has 7 unspecified atom stereocenters. The zero-order valence-corrected chi connectivity index (χ0v) is 18.0. The molecule has 0 aliphatic carbocycles. The summed E-state index contributed by atoms with van der Waals surface area (Å²) in [4.78, 5) is 2.72. The Morgan fingerprint density at radius 3 is 2.27 bits per heavy atom. The highest BCUT2D eigenvalue weighted by Crippen LogP contribution is 2.49. The highest BCUT2D eigenvalue weighted by Gasteiger charge is 2.47. The number of rotatable bonds is 7. The Hall–Kier alpha value is -0.0800. The summed E-state index contributed by atoms with van der Waals surface area (Å²) in [6, 6.07) is 1.80. The first-order chi connectivity index (χ1) is 12.4. The predicted octanol–water partition coefficient (Wildman–Crippen LogP) is 5.90. The van der Waals surface area contributed by atoms with Crippen LogP contribution in [-0.4, -0.2) is 36.2 Å². The molecule has 7 atom stereocenters. The molecule has 0 amide bonds. The van der Waals surface area contributed by atoms with E-state index in [4.69, 9.17) is 4.74 Å². The predicted molar refractivity (Wildman–Crippen MR) is 109 cm³/mol. The third kappa shape index (κ3) is 3.50. The van der Waals surface area contributed by atoms with Gasteiger partial charge < -0.3 is 9.64 Å². The molecule has 4 aliphatic rings. The topological polar surface area (TPSA) is 12.5 Å². The summed E-state index contributed by atoms with van der Waals surface area (Å²) >= 11 is 0. The van der Waals surface area contributed by atoms with Gasteiger partial charge in [0.05, 0.1) is 12.2 Å². The molecule has 0 aromatic rings. The fourth-order valence-corrected chi connectivity index (χ4v) is 7.41. The van der Waals surface area contributed by atoms with Crippen molar-refractivity contribution in [3.05, 3.63) is 0 Å². The van der Waals surface area contributed by atoms with Crippen molar-refractivity contribution in [2.24, 2.45) is 29.1 Å². The molecule has 4 heterocycles. The van der Waals surface area contributed by atoms with Crippen LogP contribution in [0, 0.1) is 29.1 Å². The number of fused-ring (bicyclic) bond motifs is 4. The maximum Gasteiger partial charge on any atom is 0.0582 e. The summed E-state index contributed by atoms with van der Waals surface area (Å²) in [7, 11) is 2.39. The molecule has 4 bridgehead atoms. The van der Waals surface area contributed by atoms with Gasteiger partial charge in [-0.2, -0.15) is 0 Å². The van der Waals surface area contributed by atoms with Gasteiger partial charge in [-0.3, -0.25) is 0 Å². The number of ether oxygens (including phenoxy) is 1. The molecule has 0 saturated carbocycles. The van der Waals surface area contributed by atoms with Gasteiger partial charge in [0.2, 0.25) is 0 Å². The van der Waals surface area contributed by atoms with Gasteiger partial charge in [-0.05, 0) is 93.9 Å². The summed E-state index contributed by atoms with van der Waals surface area (Å²) < 4.78 is 6.11. The minimum Gasteiger partial charge on any atom is -0.375 e. The third-order valence-electron chi connectivity index (χ3n) is 9.32. The number of hydrogen-bond acceptors (Lipinski definition) is 2. The molecule has 4 saturated heterocycles. The Bertz CT molecular complexity index is 477. The first-order valence-electron chi connectivity index (χ1n) is 11.8. The van der Waals surface area contributed by atoms with Crippen LogP contribution >= 0.6 is 0 Å². The Morgan fingerprint density at radius 1 is 1.04 bits per heavy atom. The molecule has 26 heavy (non-hydrogen) atoms. The van der Waals surface area contributed by atoms with Crippen LogP contribution in [0.2, 0.25) is 0 Å². The van der Waals surface area contributed by atoms with Gasteiger partial charge in [0.1, 0.15) is 0 Å². The first kappa shape index (κ1) is 19.2. The van der Waals surface area contributed by atoms with Crippen molar-refractivity contribution in [1.82, 2.24) is 4.90 Å². The van der Waals surface area contributed by atoms with E-state index in [1.165, 1.54) is 64.2 Å². The van der Waals surface area contributed by atoms with Crippen molar-refractivity contribution < 1.29 is 4.74 Å². The second kappa shape index (κ2) is 7.39. The lowest BCUT2D eigenvalue weighted by Gasteiger charge is -2.41. The Balaban J connectivity index is 1.33. The standard InChI is InChI=1S/C24H43NO/c1-6-21(22-15-18-7-10-23(22)25(18)5)16(2)11-12-24(3,4)17-13-19-8-9-20(14-17)26-19/h16-23H,6-15H2,1-5H3. The van der Waals surface area contributed by atoms with E-state index in [9.17, 15) is 0 Å². The smallest absolute Gasteiger partial charge is 0.0582 e. The molecule has 4 aliphatic heterocycles. The van der Waals surface area contributed by atoms with Gasteiger partial charge in [0, 0.05) is 12.1 Å². The average Bonchev–Trinajstić information content (AvgIpc) is 3.25. The van der Waals surface area contributed by atoms with Crippen LogP contribution in [0.5, 0.6) is 0 Å². The molecular formula is C24H43NO. The molecule has 0 N–H and O–H groups in total. The van der Waals surface area contributed by atoms with Crippen LogP contribution in [0.3, 0.4) is 0 Å². The Kier molecular flexibility index (Phi) is 5.47. The third-order valence-corrected chi connectivity index (χ3v) is 9.32. The molecule has 0 aromatic carbocycles. The second-order valence-electron chi connectivity index (χ2n) is 11.1. The van der Waals surface area contributed by atoms with E-state index in [-0.39, 0.29) is 0 Å². The van der Waals surface area contributed by atoms with E-state index in [1.807, 2.05) is 0 Å². The Morgan fingerprint density at radius 2 is 1.73 bits per heavy atom. The van der Waals surface area contributed by atoms with Gasteiger partial charge in [-0.25, -0.2) is 0 Å². The Labute approximate surface area is 162 Å². The minimum absolute atomic E-state index is 0.489. The molecule has 0 aromatic heterocycles. The maximum atomic E-state index is 6.11. The van der Waals surface area contributed by atoms with Crippen LogP contribution < -0.4 is 0 Å². The van der Waals surface area contributed by atoms with Crippen LogP contribution in [0.25, 0.3) is 0 Å². The maximum absolute atomic E-state index is 6.11. The lowest BCUT2D eigenvalue weighted by atomic mass is 9.67. The lowest BCUT2D eigenvalue weighted by molar-refractivity contribution is -0.0509. The zero-order valence-electron chi connectivity index (χ0n) is 18.0. The van der Waals surface area contributed by atoms with Crippen LogP contribution in [0.4, 0.5) is 0 Å². The van der Waals surface area contributed by atoms with Gasteiger partial charge in [0.15, 0.2) is 0 Å². The average molecular weight is 362 g/mol. The first-order valence-corrected chi connectivity index (χ1v) is 11.8. The van der Waals surface area contributed by atoms with Crippen molar-refractivity contribution in [3.63, 3.8) is 0 Å². The SMILES string of the molecule is CCC(C(C)CCC(C)(C)C1CC2CCC(C1)O2)C1CC2CCC1N2C. The van der Waals surface area contributed by atoms with E-state index < -0.39 is 0 Å². The van der Waals surface area contributed by atoms with E-state index in [1.54, 1.807) is 0 Å². The van der Waals surface area contributed by atoms with Gasteiger partial charge in [-0.15, -0.1) is 0 Å². The largest absolute Gasteiger partial charge is 0.375 e. The molecule has 0 spiro atoms. The normalized spacial score (nSPS) is 42.3. The van der Waals surface area contributed by atoms with Gasteiger partial charge in [0.25, 0.3) is 0 Å². The fourth-order valence-electron chi connectivity index (χ4n) is 7.41. The van der Waals surface area contributed by atoms with E-state index in [0.717, 1.165) is 35.8 Å². The monoisotopic (exact) mass is 361 g/mol. The quantitative estimate of drug-likeness (QED) is 0.560. The molecule has 0 radical (unpaired) electrons. The molecule has 4 rings (SSSR count). The van der Waals surface area contributed by atoms with E-state index in [2.05, 4.69) is 39.6 Å². The molecular weight excluding hydrogens is 318 g/mol. The molecule has 4 fully saturated rings. The summed E-state index contributed by atoms with van der Waals surface area (Å²) in [6.45, 7) is 10.1.